The van der Waals surface area contributed by atoms with E-state index in [4.69, 9.17) is 9.47 Å². The van der Waals surface area contributed by atoms with Gasteiger partial charge in [0.15, 0.2) is 11.5 Å². The number of nitrogens with one attached hydrogen (secondary N) is 1. The Kier molecular flexibility index (Phi) is 8.21. The molecule has 3 nitrogen and oxygen atoms in total. The maximum absolute atomic E-state index is 5.94. The van der Waals surface area contributed by atoms with Crippen LogP contribution in [-0.2, 0) is 0 Å². The van der Waals surface area contributed by atoms with Gasteiger partial charge >= 0.3 is 0 Å². The summed E-state index contributed by atoms with van der Waals surface area (Å²) in [4.78, 5) is 0. The highest BCUT2D eigenvalue weighted by Gasteiger charge is 2.12. The van der Waals surface area contributed by atoms with Crippen molar-refractivity contribution in [2.24, 2.45) is 5.92 Å². The average Bonchev–Trinajstić information content (AvgIpc) is 2.53. The predicted octanol–water partition coefficient (Wildman–Crippen LogP) is 4.57. The van der Waals surface area contributed by atoms with E-state index < -0.39 is 0 Å². The summed E-state index contributed by atoms with van der Waals surface area (Å²) in [6.45, 7) is 10.5. The third-order valence-electron chi connectivity index (χ3n) is 4.02. The quantitative estimate of drug-likeness (QED) is 0.685. The molecule has 1 rings (SSSR count). The third-order valence-corrected chi connectivity index (χ3v) is 4.02. The number of methoxy groups -OCH3 is 1. The van der Waals surface area contributed by atoms with Crippen LogP contribution in [0.15, 0.2) is 18.2 Å². The zero-order valence-corrected chi connectivity index (χ0v) is 14.2. The van der Waals surface area contributed by atoms with Crippen LogP contribution in [0, 0.1) is 5.92 Å². The molecule has 1 unspecified atom stereocenters. The molecule has 0 heterocycles. The summed E-state index contributed by atoms with van der Waals surface area (Å²) >= 11 is 0. The SMILES string of the molecule is CCCNC(C)c1ccc(OCC(CC)CC)c(OC)c1. The molecule has 1 aromatic rings. The van der Waals surface area contributed by atoms with Crippen LogP contribution in [-0.4, -0.2) is 20.3 Å². The minimum Gasteiger partial charge on any atom is -0.493 e. The van der Waals surface area contributed by atoms with Gasteiger partial charge in [0, 0.05) is 6.04 Å². The van der Waals surface area contributed by atoms with Crippen LogP contribution in [0.1, 0.15) is 58.6 Å². The van der Waals surface area contributed by atoms with Gasteiger partial charge in [0.2, 0.25) is 0 Å². The van der Waals surface area contributed by atoms with Gasteiger partial charge in [-0.05, 0) is 43.5 Å². The van der Waals surface area contributed by atoms with Crippen LogP contribution < -0.4 is 14.8 Å². The zero-order valence-electron chi connectivity index (χ0n) is 14.2. The second-order valence-corrected chi connectivity index (χ2v) is 5.58. The first-order valence-corrected chi connectivity index (χ1v) is 8.20. The molecule has 0 aliphatic carbocycles. The summed E-state index contributed by atoms with van der Waals surface area (Å²) in [6.07, 6.45) is 3.43. The largest absolute Gasteiger partial charge is 0.493 e. The monoisotopic (exact) mass is 293 g/mol. The summed E-state index contributed by atoms with van der Waals surface area (Å²) in [7, 11) is 1.70. The molecule has 1 atom stereocenters. The molecule has 0 saturated carbocycles. The molecule has 0 spiro atoms. The first-order valence-electron chi connectivity index (χ1n) is 8.20. The molecule has 3 heteroatoms. The van der Waals surface area contributed by atoms with Crippen molar-refractivity contribution >= 4 is 0 Å². The summed E-state index contributed by atoms with van der Waals surface area (Å²) in [5.41, 5.74) is 1.23. The van der Waals surface area contributed by atoms with Crippen molar-refractivity contribution in [2.75, 3.05) is 20.3 Å². The van der Waals surface area contributed by atoms with Crippen molar-refractivity contribution < 1.29 is 9.47 Å². The van der Waals surface area contributed by atoms with E-state index in [2.05, 4.69) is 45.1 Å². The minimum absolute atomic E-state index is 0.326. The highest BCUT2D eigenvalue weighted by Crippen LogP contribution is 2.31. The topological polar surface area (TPSA) is 30.5 Å². The van der Waals surface area contributed by atoms with Crippen LogP contribution in [0.2, 0.25) is 0 Å². The number of hydrogen-bond acceptors (Lipinski definition) is 3. The lowest BCUT2D eigenvalue weighted by atomic mass is 10.1. The maximum atomic E-state index is 5.94. The molecule has 1 aromatic carbocycles. The molecule has 0 amide bonds. The molecular formula is C18H31NO2. The molecule has 0 aliphatic heterocycles. The van der Waals surface area contributed by atoms with Gasteiger partial charge in [-0.3, -0.25) is 0 Å². The highest BCUT2D eigenvalue weighted by molar-refractivity contribution is 5.43. The average molecular weight is 293 g/mol. The number of benzene rings is 1. The van der Waals surface area contributed by atoms with Crippen molar-refractivity contribution in [3.05, 3.63) is 23.8 Å². The van der Waals surface area contributed by atoms with Crippen molar-refractivity contribution in [1.29, 1.82) is 0 Å². The molecule has 0 radical (unpaired) electrons. The van der Waals surface area contributed by atoms with Crippen molar-refractivity contribution in [3.8, 4) is 11.5 Å². The van der Waals surface area contributed by atoms with E-state index in [9.17, 15) is 0 Å². The summed E-state index contributed by atoms with van der Waals surface area (Å²) < 4.78 is 11.4. The van der Waals surface area contributed by atoms with Crippen molar-refractivity contribution in [2.45, 2.75) is 53.0 Å². The molecule has 0 aromatic heterocycles. The van der Waals surface area contributed by atoms with Gasteiger partial charge < -0.3 is 14.8 Å². The Morgan fingerprint density at radius 1 is 1.10 bits per heavy atom. The normalized spacial score (nSPS) is 12.5. The highest BCUT2D eigenvalue weighted by atomic mass is 16.5. The van der Waals surface area contributed by atoms with E-state index in [1.165, 1.54) is 5.56 Å². The minimum atomic E-state index is 0.326. The predicted molar refractivity (Wildman–Crippen MR) is 89.3 cm³/mol. The fraction of sp³-hybridized carbons (Fsp3) is 0.667. The summed E-state index contributed by atoms with van der Waals surface area (Å²) in [5.74, 6) is 2.28. The number of hydrogen-bond donors (Lipinski definition) is 1. The number of ether oxygens (including phenoxy) is 2. The molecular weight excluding hydrogens is 262 g/mol. The van der Waals surface area contributed by atoms with E-state index in [0.29, 0.717) is 12.0 Å². The van der Waals surface area contributed by atoms with Gasteiger partial charge in [-0.2, -0.15) is 0 Å². The Morgan fingerprint density at radius 3 is 2.38 bits per heavy atom. The lowest BCUT2D eigenvalue weighted by Crippen LogP contribution is -2.19. The molecule has 1 N–H and O–H groups in total. The van der Waals surface area contributed by atoms with E-state index in [1.807, 2.05) is 6.07 Å². The van der Waals surface area contributed by atoms with Crippen LogP contribution >= 0.6 is 0 Å². The smallest absolute Gasteiger partial charge is 0.161 e. The molecule has 21 heavy (non-hydrogen) atoms. The molecule has 0 fully saturated rings. The number of rotatable bonds is 10. The van der Waals surface area contributed by atoms with Crippen molar-refractivity contribution in [3.63, 3.8) is 0 Å². The Bertz CT molecular complexity index is 402. The lowest BCUT2D eigenvalue weighted by molar-refractivity contribution is 0.230. The van der Waals surface area contributed by atoms with Crippen molar-refractivity contribution in [1.82, 2.24) is 5.32 Å². The van der Waals surface area contributed by atoms with Gasteiger partial charge in [-0.25, -0.2) is 0 Å². The van der Waals surface area contributed by atoms with Gasteiger partial charge in [-0.1, -0.05) is 39.7 Å². The fourth-order valence-corrected chi connectivity index (χ4v) is 2.28. The Morgan fingerprint density at radius 2 is 1.81 bits per heavy atom. The van der Waals surface area contributed by atoms with Crippen LogP contribution in [0.25, 0.3) is 0 Å². The summed E-state index contributed by atoms with van der Waals surface area (Å²) in [5, 5.41) is 3.49. The zero-order chi connectivity index (χ0) is 15.7. The first-order chi connectivity index (χ1) is 10.2. The second kappa shape index (κ2) is 9.67. The third kappa shape index (κ3) is 5.58. The van der Waals surface area contributed by atoms with Crippen LogP contribution in [0.5, 0.6) is 11.5 Å². The Hall–Kier alpha value is -1.22. The van der Waals surface area contributed by atoms with Gasteiger partial charge in [-0.15, -0.1) is 0 Å². The van der Waals surface area contributed by atoms with Gasteiger partial charge in [0.05, 0.1) is 13.7 Å². The lowest BCUT2D eigenvalue weighted by Gasteiger charge is -2.18. The Labute approximate surface area is 130 Å². The van der Waals surface area contributed by atoms with E-state index in [0.717, 1.165) is 43.9 Å². The summed E-state index contributed by atoms with van der Waals surface area (Å²) in [6, 6.07) is 6.56. The van der Waals surface area contributed by atoms with E-state index >= 15 is 0 Å². The standard InChI is InChI=1S/C18H31NO2/c1-6-11-19-14(4)16-9-10-17(18(12-16)20-5)21-13-15(7-2)8-3/h9-10,12,14-15,19H,6-8,11,13H2,1-5H3. The Balaban J connectivity index is 2.74. The fourth-order valence-electron chi connectivity index (χ4n) is 2.28. The molecule has 0 bridgehead atoms. The molecule has 0 aliphatic rings. The van der Waals surface area contributed by atoms with Gasteiger partial charge in [0.1, 0.15) is 0 Å². The molecule has 120 valence electrons. The second-order valence-electron chi connectivity index (χ2n) is 5.58. The van der Waals surface area contributed by atoms with Crippen LogP contribution in [0.4, 0.5) is 0 Å². The van der Waals surface area contributed by atoms with E-state index in [-0.39, 0.29) is 0 Å². The van der Waals surface area contributed by atoms with Gasteiger partial charge in [0.25, 0.3) is 0 Å². The molecule has 0 saturated heterocycles. The van der Waals surface area contributed by atoms with Crippen LogP contribution in [0.3, 0.4) is 0 Å². The van der Waals surface area contributed by atoms with E-state index in [1.54, 1.807) is 7.11 Å². The first kappa shape index (κ1) is 17.8. The maximum Gasteiger partial charge on any atom is 0.161 e.